The standard InChI is InChI=1S/C21H30N4O2/c1-15(26)25-12-9-19-18(14-25)13-22-20(23-19)16-7-10-24(11-8-16)21(27)17-5-3-2-4-6-17/h13,16-17H,2-12,14H2,1H3. The van der Waals surface area contributed by atoms with E-state index in [1.807, 2.05) is 11.1 Å². The molecule has 2 aliphatic heterocycles. The monoisotopic (exact) mass is 370 g/mol. The molecule has 0 atom stereocenters. The Labute approximate surface area is 161 Å². The molecule has 1 saturated carbocycles. The van der Waals surface area contributed by atoms with E-state index < -0.39 is 0 Å². The Balaban J connectivity index is 1.36. The molecule has 0 bridgehead atoms. The average molecular weight is 370 g/mol. The summed E-state index contributed by atoms with van der Waals surface area (Å²) in [5.41, 5.74) is 2.17. The Hall–Kier alpha value is -1.98. The molecular formula is C21H30N4O2. The van der Waals surface area contributed by atoms with Gasteiger partial charge in [0.2, 0.25) is 11.8 Å². The van der Waals surface area contributed by atoms with E-state index in [9.17, 15) is 9.59 Å². The van der Waals surface area contributed by atoms with Crippen molar-refractivity contribution in [1.82, 2.24) is 19.8 Å². The summed E-state index contributed by atoms with van der Waals surface area (Å²) in [6.07, 6.45) is 10.5. The normalized spacial score (nSPS) is 21.8. The topological polar surface area (TPSA) is 66.4 Å². The molecule has 1 aromatic heterocycles. The van der Waals surface area contributed by atoms with E-state index in [0.29, 0.717) is 18.4 Å². The van der Waals surface area contributed by atoms with Crippen LogP contribution in [0.5, 0.6) is 0 Å². The third kappa shape index (κ3) is 3.99. The number of nitrogens with zero attached hydrogens (tertiary/aromatic N) is 4. The van der Waals surface area contributed by atoms with Crippen molar-refractivity contribution in [2.75, 3.05) is 19.6 Å². The summed E-state index contributed by atoms with van der Waals surface area (Å²) in [4.78, 5) is 37.7. The Morgan fingerprint density at radius 1 is 1.00 bits per heavy atom. The fraction of sp³-hybridized carbons (Fsp3) is 0.714. The lowest BCUT2D eigenvalue weighted by Gasteiger charge is -2.35. The molecule has 3 aliphatic rings. The first-order chi connectivity index (χ1) is 13.1. The summed E-state index contributed by atoms with van der Waals surface area (Å²) in [6, 6.07) is 0. The molecule has 0 N–H and O–H groups in total. The van der Waals surface area contributed by atoms with Crippen LogP contribution in [0.4, 0.5) is 0 Å². The second-order valence-electron chi connectivity index (χ2n) is 8.33. The summed E-state index contributed by atoms with van der Waals surface area (Å²) in [7, 11) is 0. The Bertz CT molecular complexity index is 706. The highest BCUT2D eigenvalue weighted by Crippen LogP contribution is 2.30. The highest BCUT2D eigenvalue weighted by Gasteiger charge is 2.31. The van der Waals surface area contributed by atoms with Gasteiger partial charge in [-0.05, 0) is 25.7 Å². The predicted octanol–water partition coefficient (Wildman–Crippen LogP) is 2.67. The van der Waals surface area contributed by atoms with E-state index in [1.165, 1.54) is 19.3 Å². The van der Waals surface area contributed by atoms with Gasteiger partial charge in [-0.1, -0.05) is 19.3 Å². The van der Waals surface area contributed by atoms with Gasteiger partial charge in [0, 0.05) is 63.1 Å². The van der Waals surface area contributed by atoms with Crippen molar-refractivity contribution >= 4 is 11.8 Å². The number of carbonyl (C=O) groups excluding carboxylic acids is 2. The van der Waals surface area contributed by atoms with Crippen LogP contribution in [0.1, 0.15) is 74.9 Å². The van der Waals surface area contributed by atoms with Crippen LogP contribution in [0.2, 0.25) is 0 Å². The Kier molecular flexibility index (Phi) is 5.41. The number of carbonyl (C=O) groups is 2. The van der Waals surface area contributed by atoms with Crippen LogP contribution in [0.3, 0.4) is 0 Å². The van der Waals surface area contributed by atoms with Crippen LogP contribution in [-0.4, -0.2) is 51.2 Å². The van der Waals surface area contributed by atoms with Gasteiger partial charge in [-0.3, -0.25) is 9.59 Å². The number of aromatic nitrogens is 2. The van der Waals surface area contributed by atoms with Gasteiger partial charge in [-0.25, -0.2) is 9.97 Å². The van der Waals surface area contributed by atoms with E-state index in [-0.39, 0.29) is 11.8 Å². The van der Waals surface area contributed by atoms with Gasteiger partial charge in [-0.15, -0.1) is 0 Å². The number of hydrogen-bond acceptors (Lipinski definition) is 4. The van der Waals surface area contributed by atoms with Gasteiger partial charge in [0.15, 0.2) is 0 Å². The summed E-state index contributed by atoms with van der Waals surface area (Å²) in [5, 5.41) is 0. The number of amides is 2. The smallest absolute Gasteiger partial charge is 0.225 e. The van der Waals surface area contributed by atoms with Crippen molar-refractivity contribution in [2.45, 2.75) is 70.8 Å². The Morgan fingerprint density at radius 2 is 1.74 bits per heavy atom. The van der Waals surface area contributed by atoms with Crippen LogP contribution < -0.4 is 0 Å². The molecule has 1 saturated heterocycles. The van der Waals surface area contributed by atoms with Crippen molar-refractivity contribution in [3.8, 4) is 0 Å². The summed E-state index contributed by atoms with van der Waals surface area (Å²) < 4.78 is 0. The van der Waals surface area contributed by atoms with E-state index >= 15 is 0 Å². The van der Waals surface area contributed by atoms with E-state index in [4.69, 9.17) is 4.98 Å². The third-order valence-electron chi connectivity index (χ3n) is 6.52. The number of hydrogen-bond donors (Lipinski definition) is 0. The van der Waals surface area contributed by atoms with E-state index in [0.717, 1.165) is 68.8 Å². The summed E-state index contributed by atoms with van der Waals surface area (Å²) in [6.45, 7) is 4.64. The molecule has 27 heavy (non-hydrogen) atoms. The lowest BCUT2D eigenvalue weighted by molar-refractivity contribution is -0.137. The number of likely N-dealkylation sites (tertiary alicyclic amines) is 1. The first-order valence-corrected chi connectivity index (χ1v) is 10.5. The Morgan fingerprint density at radius 3 is 2.44 bits per heavy atom. The molecule has 6 nitrogen and oxygen atoms in total. The second kappa shape index (κ2) is 7.95. The average Bonchev–Trinajstić information content (AvgIpc) is 2.73. The molecule has 1 aromatic rings. The highest BCUT2D eigenvalue weighted by atomic mass is 16.2. The molecule has 3 heterocycles. The largest absolute Gasteiger partial charge is 0.342 e. The molecule has 6 heteroatoms. The van der Waals surface area contributed by atoms with Crippen LogP contribution in [0.15, 0.2) is 6.20 Å². The number of fused-ring (bicyclic) bond motifs is 1. The second-order valence-corrected chi connectivity index (χ2v) is 8.33. The SMILES string of the molecule is CC(=O)N1CCc2nc(C3CCN(C(=O)C4CCCCC4)CC3)ncc2C1. The predicted molar refractivity (Wildman–Crippen MR) is 102 cm³/mol. The fourth-order valence-corrected chi connectivity index (χ4v) is 4.76. The first-order valence-electron chi connectivity index (χ1n) is 10.5. The minimum absolute atomic E-state index is 0.111. The molecule has 2 amide bonds. The molecule has 2 fully saturated rings. The van der Waals surface area contributed by atoms with Crippen LogP contribution in [0.25, 0.3) is 0 Å². The van der Waals surface area contributed by atoms with Crippen molar-refractivity contribution in [3.05, 3.63) is 23.3 Å². The van der Waals surface area contributed by atoms with Gasteiger partial charge >= 0.3 is 0 Å². The summed E-state index contributed by atoms with van der Waals surface area (Å²) in [5.74, 6) is 2.02. The quantitative estimate of drug-likeness (QED) is 0.803. The van der Waals surface area contributed by atoms with Gasteiger partial charge in [0.25, 0.3) is 0 Å². The fourth-order valence-electron chi connectivity index (χ4n) is 4.76. The molecule has 146 valence electrons. The molecule has 4 rings (SSSR count). The zero-order chi connectivity index (χ0) is 18.8. The molecule has 0 spiro atoms. The third-order valence-corrected chi connectivity index (χ3v) is 6.52. The van der Waals surface area contributed by atoms with Gasteiger partial charge in [0.05, 0.1) is 5.69 Å². The van der Waals surface area contributed by atoms with Crippen molar-refractivity contribution in [3.63, 3.8) is 0 Å². The van der Waals surface area contributed by atoms with Crippen LogP contribution in [-0.2, 0) is 22.6 Å². The number of rotatable bonds is 2. The maximum absolute atomic E-state index is 12.7. The molecule has 0 radical (unpaired) electrons. The maximum Gasteiger partial charge on any atom is 0.225 e. The first kappa shape index (κ1) is 18.4. The zero-order valence-electron chi connectivity index (χ0n) is 16.3. The maximum atomic E-state index is 12.7. The van der Waals surface area contributed by atoms with Crippen molar-refractivity contribution < 1.29 is 9.59 Å². The summed E-state index contributed by atoms with van der Waals surface area (Å²) >= 11 is 0. The minimum atomic E-state index is 0.111. The molecular weight excluding hydrogens is 340 g/mol. The van der Waals surface area contributed by atoms with Crippen LogP contribution in [0, 0.1) is 5.92 Å². The lowest BCUT2D eigenvalue weighted by atomic mass is 9.87. The highest BCUT2D eigenvalue weighted by molar-refractivity contribution is 5.79. The van der Waals surface area contributed by atoms with Gasteiger partial charge < -0.3 is 9.80 Å². The minimum Gasteiger partial charge on any atom is -0.342 e. The molecule has 1 aliphatic carbocycles. The van der Waals surface area contributed by atoms with Crippen molar-refractivity contribution in [2.24, 2.45) is 5.92 Å². The van der Waals surface area contributed by atoms with Gasteiger partial charge in [0.1, 0.15) is 5.82 Å². The number of piperidine rings is 1. The molecule has 0 unspecified atom stereocenters. The molecule has 0 aromatic carbocycles. The van der Waals surface area contributed by atoms with Crippen molar-refractivity contribution in [1.29, 1.82) is 0 Å². The van der Waals surface area contributed by atoms with Gasteiger partial charge in [-0.2, -0.15) is 0 Å². The lowest BCUT2D eigenvalue weighted by Crippen LogP contribution is -2.42. The zero-order valence-corrected chi connectivity index (χ0v) is 16.3. The van der Waals surface area contributed by atoms with E-state index in [2.05, 4.69) is 9.88 Å². The van der Waals surface area contributed by atoms with Crippen LogP contribution >= 0.6 is 0 Å². The van der Waals surface area contributed by atoms with E-state index in [1.54, 1.807) is 6.92 Å².